The van der Waals surface area contributed by atoms with Gasteiger partial charge in [-0.05, 0) is 29.8 Å². The summed E-state index contributed by atoms with van der Waals surface area (Å²) < 4.78 is 0. The van der Waals surface area contributed by atoms with E-state index in [0.29, 0.717) is 0 Å². The summed E-state index contributed by atoms with van der Waals surface area (Å²) in [6, 6.07) is 7.83. The molecule has 0 saturated carbocycles. The highest BCUT2D eigenvalue weighted by atomic mass is 32.1. The van der Waals surface area contributed by atoms with Crippen molar-refractivity contribution in [1.29, 1.82) is 0 Å². The van der Waals surface area contributed by atoms with E-state index >= 15 is 0 Å². The van der Waals surface area contributed by atoms with Crippen molar-refractivity contribution in [2.75, 3.05) is 0 Å². The first-order valence-electron chi connectivity index (χ1n) is 4.65. The molecule has 0 saturated heterocycles. The Balaban J connectivity index is 2.01. The molecule has 0 radical (unpaired) electrons. The number of carbonyl (C=O) groups is 1. The van der Waals surface area contributed by atoms with Gasteiger partial charge in [-0.15, -0.1) is 22.7 Å². The predicted molar refractivity (Wildman–Crippen MR) is 64.5 cm³/mol. The highest BCUT2D eigenvalue weighted by molar-refractivity contribution is 7.12. The van der Waals surface area contributed by atoms with Crippen LogP contribution in [0.15, 0.2) is 35.0 Å². The topological polar surface area (TPSA) is 29.1 Å². The van der Waals surface area contributed by atoms with Crippen molar-refractivity contribution in [1.82, 2.24) is 5.32 Å². The number of rotatable bonds is 3. The number of hydrogen-bond donors (Lipinski definition) is 1. The van der Waals surface area contributed by atoms with Gasteiger partial charge in [0.25, 0.3) is 5.91 Å². The zero-order valence-electron chi connectivity index (χ0n) is 8.27. The Hall–Kier alpha value is -1.13. The zero-order valence-corrected chi connectivity index (χ0v) is 9.90. The fourth-order valence-electron chi connectivity index (χ4n) is 1.28. The first kappa shape index (κ1) is 10.4. The minimum absolute atomic E-state index is 0.00546. The van der Waals surface area contributed by atoms with E-state index in [2.05, 4.69) is 5.32 Å². The summed E-state index contributed by atoms with van der Waals surface area (Å²) in [5.41, 5.74) is 0. The van der Waals surface area contributed by atoms with Crippen molar-refractivity contribution in [2.24, 2.45) is 0 Å². The normalized spacial score (nSPS) is 12.3. The molecule has 1 atom stereocenters. The number of carbonyl (C=O) groups excluding carboxylic acids is 1. The Morgan fingerprint density at radius 1 is 1.27 bits per heavy atom. The van der Waals surface area contributed by atoms with E-state index in [1.807, 2.05) is 41.9 Å². The second-order valence-electron chi connectivity index (χ2n) is 3.19. The van der Waals surface area contributed by atoms with Crippen LogP contribution in [0.4, 0.5) is 0 Å². The molecule has 2 nitrogen and oxygen atoms in total. The summed E-state index contributed by atoms with van der Waals surface area (Å²) in [5.74, 6) is 0.00546. The Morgan fingerprint density at radius 3 is 2.60 bits per heavy atom. The lowest BCUT2D eigenvalue weighted by atomic mass is 10.2. The molecule has 0 aliphatic heterocycles. The Bertz CT molecular complexity index is 419. The van der Waals surface area contributed by atoms with Gasteiger partial charge < -0.3 is 5.32 Å². The number of nitrogens with one attached hydrogen (secondary N) is 1. The molecule has 0 fully saturated rings. The molecule has 0 aliphatic rings. The molecular weight excluding hydrogens is 226 g/mol. The molecule has 1 N–H and O–H groups in total. The van der Waals surface area contributed by atoms with Gasteiger partial charge in [-0.3, -0.25) is 4.79 Å². The quantitative estimate of drug-likeness (QED) is 0.872. The third-order valence-corrected chi connectivity index (χ3v) is 3.99. The summed E-state index contributed by atoms with van der Waals surface area (Å²) >= 11 is 3.12. The lowest BCUT2D eigenvalue weighted by Gasteiger charge is -2.10. The van der Waals surface area contributed by atoms with E-state index in [-0.39, 0.29) is 11.9 Å². The summed E-state index contributed by atoms with van der Waals surface area (Å²) in [4.78, 5) is 13.7. The molecule has 0 spiro atoms. The van der Waals surface area contributed by atoms with Gasteiger partial charge in [-0.2, -0.15) is 0 Å². The average molecular weight is 237 g/mol. The average Bonchev–Trinajstić information content (AvgIpc) is 2.91. The summed E-state index contributed by atoms with van der Waals surface area (Å²) in [6.45, 7) is 2.00. The molecule has 15 heavy (non-hydrogen) atoms. The van der Waals surface area contributed by atoms with Crippen molar-refractivity contribution in [3.63, 3.8) is 0 Å². The van der Waals surface area contributed by atoms with E-state index in [1.54, 1.807) is 11.3 Å². The SMILES string of the molecule is C[C@@H](NC(=O)c1cccs1)c1cccs1. The number of hydrogen-bond acceptors (Lipinski definition) is 3. The first-order valence-corrected chi connectivity index (χ1v) is 6.41. The maximum Gasteiger partial charge on any atom is 0.261 e. The fraction of sp³-hybridized carbons (Fsp3) is 0.182. The summed E-state index contributed by atoms with van der Waals surface area (Å²) in [6.07, 6.45) is 0. The van der Waals surface area contributed by atoms with E-state index in [0.717, 1.165) is 4.88 Å². The van der Waals surface area contributed by atoms with E-state index < -0.39 is 0 Å². The molecule has 0 bridgehead atoms. The smallest absolute Gasteiger partial charge is 0.261 e. The number of amides is 1. The van der Waals surface area contributed by atoms with Crippen molar-refractivity contribution in [3.8, 4) is 0 Å². The Kier molecular flexibility index (Phi) is 3.18. The van der Waals surface area contributed by atoms with Crippen molar-refractivity contribution in [3.05, 3.63) is 44.8 Å². The molecule has 1 amide bonds. The first-order chi connectivity index (χ1) is 7.27. The third kappa shape index (κ3) is 2.46. The molecule has 4 heteroatoms. The highest BCUT2D eigenvalue weighted by Gasteiger charge is 2.12. The second kappa shape index (κ2) is 4.59. The molecule has 0 aliphatic carbocycles. The number of thiophene rings is 2. The lowest BCUT2D eigenvalue weighted by Crippen LogP contribution is -2.25. The molecule has 2 aromatic heterocycles. The van der Waals surface area contributed by atoms with Gasteiger partial charge in [0.2, 0.25) is 0 Å². The molecule has 2 heterocycles. The molecule has 2 rings (SSSR count). The minimum Gasteiger partial charge on any atom is -0.344 e. The van der Waals surface area contributed by atoms with Crippen LogP contribution < -0.4 is 5.32 Å². The zero-order chi connectivity index (χ0) is 10.7. The van der Waals surface area contributed by atoms with Gasteiger partial charge in [0.15, 0.2) is 0 Å². The van der Waals surface area contributed by atoms with Crippen LogP contribution in [-0.4, -0.2) is 5.91 Å². The Morgan fingerprint density at radius 2 is 2.00 bits per heavy atom. The second-order valence-corrected chi connectivity index (χ2v) is 5.11. The van der Waals surface area contributed by atoms with Crippen LogP contribution in [-0.2, 0) is 0 Å². The van der Waals surface area contributed by atoms with Crippen LogP contribution >= 0.6 is 22.7 Å². The van der Waals surface area contributed by atoms with E-state index in [1.165, 1.54) is 16.2 Å². The molecular formula is C11H11NOS2. The molecule has 0 unspecified atom stereocenters. The highest BCUT2D eigenvalue weighted by Crippen LogP contribution is 2.19. The predicted octanol–water partition coefficient (Wildman–Crippen LogP) is 3.30. The maximum absolute atomic E-state index is 11.7. The van der Waals surface area contributed by atoms with Gasteiger partial charge in [0.1, 0.15) is 0 Å². The molecule has 0 aromatic carbocycles. The largest absolute Gasteiger partial charge is 0.344 e. The summed E-state index contributed by atoms with van der Waals surface area (Å²) in [7, 11) is 0. The standard InChI is InChI=1S/C11H11NOS2/c1-8(9-4-2-6-14-9)12-11(13)10-5-3-7-15-10/h2-8H,1H3,(H,12,13)/t8-/m1/s1. The monoisotopic (exact) mass is 237 g/mol. The van der Waals surface area contributed by atoms with Crippen molar-refractivity contribution < 1.29 is 4.79 Å². The van der Waals surface area contributed by atoms with Crippen molar-refractivity contribution >= 4 is 28.6 Å². The van der Waals surface area contributed by atoms with Crippen LogP contribution in [0.2, 0.25) is 0 Å². The minimum atomic E-state index is 0.00546. The fourth-order valence-corrected chi connectivity index (χ4v) is 2.65. The van der Waals surface area contributed by atoms with Crippen LogP contribution in [0.25, 0.3) is 0 Å². The molecule has 78 valence electrons. The van der Waals surface area contributed by atoms with E-state index in [4.69, 9.17) is 0 Å². The summed E-state index contributed by atoms with van der Waals surface area (Å²) in [5, 5.41) is 6.89. The van der Waals surface area contributed by atoms with Crippen LogP contribution in [0, 0.1) is 0 Å². The van der Waals surface area contributed by atoms with Crippen LogP contribution in [0.3, 0.4) is 0 Å². The van der Waals surface area contributed by atoms with Crippen LogP contribution in [0.5, 0.6) is 0 Å². The lowest BCUT2D eigenvalue weighted by molar-refractivity contribution is 0.0944. The van der Waals surface area contributed by atoms with Gasteiger partial charge in [-0.1, -0.05) is 12.1 Å². The van der Waals surface area contributed by atoms with Gasteiger partial charge >= 0.3 is 0 Å². The van der Waals surface area contributed by atoms with E-state index in [9.17, 15) is 4.79 Å². The van der Waals surface area contributed by atoms with Gasteiger partial charge in [0.05, 0.1) is 10.9 Å². The van der Waals surface area contributed by atoms with Crippen molar-refractivity contribution in [2.45, 2.75) is 13.0 Å². The molecule has 2 aromatic rings. The Labute approximate surface area is 96.6 Å². The van der Waals surface area contributed by atoms with Gasteiger partial charge in [0, 0.05) is 4.88 Å². The van der Waals surface area contributed by atoms with Gasteiger partial charge in [-0.25, -0.2) is 0 Å². The third-order valence-electron chi connectivity index (χ3n) is 2.06. The van der Waals surface area contributed by atoms with Crippen LogP contribution in [0.1, 0.15) is 27.5 Å². The maximum atomic E-state index is 11.7.